The first-order valence-electron chi connectivity index (χ1n) is 8.13. The van der Waals surface area contributed by atoms with Gasteiger partial charge in [0.05, 0.1) is 17.9 Å². The van der Waals surface area contributed by atoms with Gasteiger partial charge in [0.25, 0.3) is 0 Å². The van der Waals surface area contributed by atoms with Crippen molar-refractivity contribution in [2.45, 2.75) is 19.4 Å². The van der Waals surface area contributed by atoms with E-state index >= 15 is 0 Å². The molecule has 7 nitrogen and oxygen atoms in total. The predicted molar refractivity (Wildman–Crippen MR) is 106 cm³/mol. The molecule has 8 heteroatoms. The number of nitrogen functional groups attached to an aromatic ring is 2. The number of rotatable bonds is 7. The fourth-order valence-corrected chi connectivity index (χ4v) is 2.71. The lowest BCUT2D eigenvalue weighted by Crippen LogP contribution is -2.23. The second-order valence-electron chi connectivity index (χ2n) is 5.88. The predicted octanol–water partition coefficient (Wildman–Crippen LogP) is 2.26. The molecule has 0 spiro atoms. The van der Waals surface area contributed by atoms with Crippen LogP contribution < -0.4 is 16.8 Å². The summed E-state index contributed by atoms with van der Waals surface area (Å²) in [7, 11) is 3.94. The van der Waals surface area contributed by atoms with E-state index in [9.17, 15) is 9.59 Å². The van der Waals surface area contributed by atoms with Crippen molar-refractivity contribution in [1.82, 2.24) is 10.2 Å². The van der Waals surface area contributed by atoms with E-state index in [0.717, 1.165) is 17.8 Å². The van der Waals surface area contributed by atoms with Crippen LogP contribution in [0, 0.1) is 0 Å². The summed E-state index contributed by atoms with van der Waals surface area (Å²) in [5.74, 6) is -0.925. The summed E-state index contributed by atoms with van der Waals surface area (Å²) in [6.07, 6.45) is 1.32. The normalized spacial score (nSPS) is 10.1. The topological polar surface area (TPSA) is 122 Å². The summed E-state index contributed by atoms with van der Waals surface area (Å²) < 4.78 is 0. The van der Waals surface area contributed by atoms with E-state index in [2.05, 4.69) is 5.32 Å². The molecular weight excluding hydrogens is 352 g/mol. The Bertz CT molecular complexity index is 695. The zero-order valence-electron chi connectivity index (χ0n) is 15.1. The standard InChI is InChI=1S/C12H18N2O3S.C6H8N2/c1-14(2)7-3-4-11(15)13-8-9-5-6-10(18-9)12(16)17;7-5-3-1-2-4-6(5)8/h5-6H,3-4,7-8H2,1-2H3,(H,13,15)(H,16,17);1-4H,7-8H2. The number of nitrogens with two attached hydrogens (primary N) is 2. The lowest BCUT2D eigenvalue weighted by atomic mass is 10.3. The highest BCUT2D eigenvalue weighted by Gasteiger charge is 2.08. The maximum Gasteiger partial charge on any atom is 0.345 e. The molecule has 0 saturated carbocycles. The van der Waals surface area contributed by atoms with Crippen LogP contribution in [0.4, 0.5) is 11.4 Å². The van der Waals surface area contributed by atoms with Gasteiger partial charge in [0.2, 0.25) is 5.91 Å². The van der Waals surface area contributed by atoms with E-state index in [1.54, 1.807) is 24.3 Å². The fourth-order valence-electron chi connectivity index (χ4n) is 1.93. The molecule has 1 aromatic heterocycles. The van der Waals surface area contributed by atoms with Crippen molar-refractivity contribution in [2.24, 2.45) is 0 Å². The van der Waals surface area contributed by atoms with E-state index in [1.807, 2.05) is 31.1 Å². The third-order valence-electron chi connectivity index (χ3n) is 3.34. The van der Waals surface area contributed by atoms with Gasteiger partial charge >= 0.3 is 5.97 Å². The molecule has 0 radical (unpaired) electrons. The van der Waals surface area contributed by atoms with E-state index in [1.165, 1.54) is 11.3 Å². The fraction of sp³-hybridized carbons (Fsp3) is 0.333. The quantitative estimate of drug-likeness (QED) is 0.548. The van der Waals surface area contributed by atoms with Gasteiger partial charge in [-0.25, -0.2) is 4.79 Å². The Morgan fingerprint density at radius 2 is 1.73 bits per heavy atom. The number of carboxylic acid groups (broad SMARTS) is 1. The van der Waals surface area contributed by atoms with Crippen LogP contribution in [0.3, 0.4) is 0 Å². The first-order valence-corrected chi connectivity index (χ1v) is 8.94. The van der Waals surface area contributed by atoms with E-state index < -0.39 is 5.97 Å². The van der Waals surface area contributed by atoms with Crippen molar-refractivity contribution in [1.29, 1.82) is 0 Å². The Kier molecular flexibility index (Phi) is 9.18. The SMILES string of the molecule is CN(C)CCCC(=O)NCc1ccc(C(=O)O)s1.Nc1ccccc1N. The number of nitrogens with zero attached hydrogens (tertiary/aromatic N) is 1. The van der Waals surface area contributed by atoms with E-state index in [-0.39, 0.29) is 5.91 Å². The van der Waals surface area contributed by atoms with Crippen LogP contribution >= 0.6 is 11.3 Å². The molecule has 0 bridgehead atoms. The van der Waals surface area contributed by atoms with Crippen LogP contribution in [0.1, 0.15) is 27.4 Å². The van der Waals surface area contributed by atoms with Gasteiger partial charge < -0.3 is 26.8 Å². The molecule has 1 amide bonds. The Morgan fingerprint density at radius 1 is 1.12 bits per heavy atom. The lowest BCUT2D eigenvalue weighted by Gasteiger charge is -2.08. The summed E-state index contributed by atoms with van der Waals surface area (Å²) in [6, 6.07) is 10.5. The highest BCUT2D eigenvalue weighted by Crippen LogP contribution is 2.16. The molecule has 0 atom stereocenters. The van der Waals surface area contributed by atoms with Crippen molar-refractivity contribution < 1.29 is 14.7 Å². The molecule has 0 aliphatic carbocycles. The number of para-hydroxylation sites is 2. The monoisotopic (exact) mass is 378 g/mol. The Hall–Kier alpha value is -2.58. The molecule has 26 heavy (non-hydrogen) atoms. The number of hydrogen-bond acceptors (Lipinski definition) is 6. The summed E-state index contributed by atoms with van der Waals surface area (Å²) in [5, 5.41) is 11.5. The molecule has 0 aliphatic rings. The summed E-state index contributed by atoms with van der Waals surface area (Å²) in [6.45, 7) is 1.29. The molecule has 1 aromatic carbocycles. The molecule has 0 aliphatic heterocycles. The van der Waals surface area contributed by atoms with E-state index in [0.29, 0.717) is 29.2 Å². The minimum Gasteiger partial charge on any atom is -0.477 e. The first kappa shape index (κ1) is 21.5. The van der Waals surface area contributed by atoms with Crippen molar-refractivity contribution in [3.63, 3.8) is 0 Å². The molecule has 0 unspecified atom stereocenters. The number of nitrogens with one attached hydrogen (secondary N) is 1. The average Bonchev–Trinajstić information content (AvgIpc) is 3.05. The number of thiophene rings is 1. The van der Waals surface area contributed by atoms with Crippen LogP contribution in [-0.2, 0) is 11.3 Å². The average molecular weight is 378 g/mol. The maximum atomic E-state index is 11.5. The summed E-state index contributed by atoms with van der Waals surface area (Å²) >= 11 is 1.19. The van der Waals surface area contributed by atoms with Gasteiger partial charge in [-0.15, -0.1) is 11.3 Å². The Morgan fingerprint density at radius 3 is 2.19 bits per heavy atom. The van der Waals surface area contributed by atoms with Crippen molar-refractivity contribution in [2.75, 3.05) is 32.1 Å². The molecule has 1 heterocycles. The number of hydrogen-bond donors (Lipinski definition) is 4. The van der Waals surface area contributed by atoms with Gasteiger partial charge in [-0.2, -0.15) is 0 Å². The minimum absolute atomic E-state index is 0.00197. The van der Waals surface area contributed by atoms with Crippen LogP contribution in [0.2, 0.25) is 0 Å². The number of amides is 1. The Balaban J connectivity index is 0.000000350. The number of aromatic carboxylic acids is 1. The minimum atomic E-state index is -0.927. The van der Waals surface area contributed by atoms with Crippen LogP contribution in [0.25, 0.3) is 0 Å². The first-order chi connectivity index (χ1) is 12.3. The molecular formula is C18H26N4O3S. The second-order valence-corrected chi connectivity index (χ2v) is 7.05. The Labute approximate surface area is 157 Å². The van der Waals surface area contributed by atoms with Crippen molar-refractivity contribution in [3.05, 3.63) is 46.2 Å². The number of carboxylic acids is 1. The second kappa shape index (κ2) is 11.1. The summed E-state index contributed by atoms with van der Waals surface area (Å²) in [5.41, 5.74) is 12.1. The highest BCUT2D eigenvalue weighted by molar-refractivity contribution is 7.13. The van der Waals surface area contributed by atoms with Crippen molar-refractivity contribution in [3.8, 4) is 0 Å². The zero-order chi connectivity index (χ0) is 19.5. The smallest absolute Gasteiger partial charge is 0.345 e. The number of carbonyl (C=O) groups excluding carboxylic acids is 1. The number of anilines is 2. The van der Waals surface area contributed by atoms with Crippen LogP contribution in [0.5, 0.6) is 0 Å². The van der Waals surface area contributed by atoms with Gasteiger partial charge in [0.15, 0.2) is 0 Å². The van der Waals surface area contributed by atoms with Gasteiger partial charge in [-0.05, 0) is 51.3 Å². The molecule has 0 saturated heterocycles. The third kappa shape index (κ3) is 8.50. The number of carbonyl (C=O) groups is 2. The molecule has 6 N–H and O–H groups in total. The maximum absolute atomic E-state index is 11.5. The van der Waals surface area contributed by atoms with Gasteiger partial charge in [0.1, 0.15) is 4.88 Å². The van der Waals surface area contributed by atoms with E-state index in [4.69, 9.17) is 16.6 Å². The van der Waals surface area contributed by atoms with Crippen LogP contribution in [-0.4, -0.2) is 42.5 Å². The van der Waals surface area contributed by atoms with Crippen molar-refractivity contribution >= 4 is 34.6 Å². The van der Waals surface area contributed by atoms with Gasteiger partial charge in [-0.3, -0.25) is 4.79 Å². The molecule has 2 rings (SSSR count). The largest absolute Gasteiger partial charge is 0.477 e. The number of benzene rings is 1. The molecule has 142 valence electrons. The highest BCUT2D eigenvalue weighted by atomic mass is 32.1. The van der Waals surface area contributed by atoms with Gasteiger partial charge in [0, 0.05) is 11.3 Å². The summed E-state index contributed by atoms with van der Waals surface area (Å²) in [4.78, 5) is 25.4. The molecule has 0 fully saturated rings. The third-order valence-corrected chi connectivity index (χ3v) is 4.41. The zero-order valence-corrected chi connectivity index (χ0v) is 15.9. The lowest BCUT2D eigenvalue weighted by molar-refractivity contribution is -0.121. The van der Waals surface area contributed by atoms with Crippen LogP contribution in [0.15, 0.2) is 36.4 Å². The van der Waals surface area contributed by atoms with Gasteiger partial charge in [-0.1, -0.05) is 12.1 Å². The molecule has 2 aromatic rings.